The van der Waals surface area contributed by atoms with Crippen molar-refractivity contribution in [3.8, 4) is 0 Å². The zero-order valence-corrected chi connectivity index (χ0v) is 12.8. The highest BCUT2D eigenvalue weighted by Gasteiger charge is 2.28. The molecule has 2 aromatic rings. The first-order valence-electron chi connectivity index (χ1n) is 7.39. The SMILES string of the molecule is CCC(=O)N1CCC(c2cn3nccc3c(N(C)C)n2)C1. The van der Waals surface area contributed by atoms with E-state index in [1.165, 1.54) is 0 Å². The van der Waals surface area contributed by atoms with Crippen LogP contribution in [0.25, 0.3) is 5.52 Å². The van der Waals surface area contributed by atoms with E-state index in [-0.39, 0.29) is 5.91 Å². The third-order valence-electron chi connectivity index (χ3n) is 4.07. The minimum absolute atomic E-state index is 0.227. The van der Waals surface area contributed by atoms with Crippen molar-refractivity contribution in [3.05, 3.63) is 24.2 Å². The summed E-state index contributed by atoms with van der Waals surface area (Å²) in [6, 6.07) is 1.97. The Labute approximate surface area is 124 Å². The molecule has 0 aliphatic carbocycles. The predicted molar refractivity (Wildman–Crippen MR) is 81.5 cm³/mol. The van der Waals surface area contributed by atoms with E-state index >= 15 is 0 Å². The van der Waals surface area contributed by atoms with Crippen LogP contribution in [0.4, 0.5) is 5.82 Å². The molecular weight excluding hydrogens is 266 g/mol. The van der Waals surface area contributed by atoms with Gasteiger partial charge in [-0.1, -0.05) is 6.92 Å². The third-order valence-corrected chi connectivity index (χ3v) is 4.07. The Hall–Kier alpha value is -2.11. The zero-order valence-electron chi connectivity index (χ0n) is 12.8. The van der Waals surface area contributed by atoms with Crippen LogP contribution in [-0.4, -0.2) is 52.6 Å². The molecule has 21 heavy (non-hydrogen) atoms. The lowest BCUT2D eigenvalue weighted by molar-refractivity contribution is -0.129. The summed E-state index contributed by atoms with van der Waals surface area (Å²) in [5, 5.41) is 4.33. The van der Waals surface area contributed by atoms with Crippen molar-refractivity contribution in [1.29, 1.82) is 0 Å². The minimum atomic E-state index is 0.227. The van der Waals surface area contributed by atoms with Crippen molar-refractivity contribution in [3.63, 3.8) is 0 Å². The molecule has 1 fully saturated rings. The number of fused-ring (bicyclic) bond motifs is 1. The number of amides is 1. The second-order valence-electron chi connectivity index (χ2n) is 5.72. The highest BCUT2D eigenvalue weighted by atomic mass is 16.2. The average Bonchev–Trinajstić information content (AvgIpc) is 3.13. The van der Waals surface area contributed by atoms with Crippen LogP contribution >= 0.6 is 0 Å². The van der Waals surface area contributed by atoms with Gasteiger partial charge < -0.3 is 9.80 Å². The number of hydrogen-bond donors (Lipinski definition) is 0. The summed E-state index contributed by atoms with van der Waals surface area (Å²) >= 11 is 0. The van der Waals surface area contributed by atoms with Gasteiger partial charge in [-0.05, 0) is 12.5 Å². The summed E-state index contributed by atoms with van der Waals surface area (Å²) < 4.78 is 1.88. The molecule has 112 valence electrons. The van der Waals surface area contributed by atoms with E-state index in [9.17, 15) is 4.79 Å². The summed E-state index contributed by atoms with van der Waals surface area (Å²) in [4.78, 5) is 20.6. The number of likely N-dealkylation sites (tertiary alicyclic amines) is 1. The van der Waals surface area contributed by atoms with Crippen LogP contribution in [0.5, 0.6) is 0 Å². The smallest absolute Gasteiger partial charge is 0.222 e. The second-order valence-corrected chi connectivity index (χ2v) is 5.72. The first kappa shape index (κ1) is 13.9. The Morgan fingerprint density at radius 2 is 2.29 bits per heavy atom. The molecule has 0 N–H and O–H groups in total. The van der Waals surface area contributed by atoms with Crippen LogP contribution in [0.2, 0.25) is 0 Å². The monoisotopic (exact) mass is 287 g/mol. The molecule has 1 aliphatic rings. The van der Waals surface area contributed by atoms with E-state index < -0.39 is 0 Å². The van der Waals surface area contributed by atoms with E-state index in [2.05, 4.69) is 5.10 Å². The summed E-state index contributed by atoms with van der Waals surface area (Å²) in [6.45, 7) is 3.50. The van der Waals surface area contributed by atoms with Crippen LogP contribution in [0.1, 0.15) is 31.4 Å². The van der Waals surface area contributed by atoms with Gasteiger partial charge in [0.1, 0.15) is 5.52 Å². The van der Waals surface area contributed by atoms with Gasteiger partial charge in [-0.3, -0.25) is 4.79 Å². The lowest BCUT2D eigenvalue weighted by atomic mass is 10.1. The Morgan fingerprint density at radius 1 is 1.48 bits per heavy atom. The number of nitrogens with zero attached hydrogens (tertiary/aromatic N) is 5. The number of carbonyl (C=O) groups excluding carboxylic acids is 1. The molecule has 2 aromatic heterocycles. The number of carbonyl (C=O) groups is 1. The maximum atomic E-state index is 11.8. The van der Waals surface area contributed by atoms with Crippen molar-refractivity contribution < 1.29 is 4.79 Å². The fourth-order valence-corrected chi connectivity index (χ4v) is 2.91. The van der Waals surface area contributed by atoms with Gasteiger partial charge in [0.15, 0.2) is 5.82 Å². The van der Waals surface area contributed by atoms with Crippen LogP contribution in [0.15, 0.2) is 18.5 Å². The number of anilines is 1. The fraction of sp³-hybridized carbons (Fsp3) is 0.533. The first-order chi connectivity index (χ1) is 10.1. The van der Waals surface area contributed by atoms with Gasteiger partial charge in [0.25, 0.3) is 0 Å². The summed E-state index contributed by atoms with van der Waals surface area (Å²) in [6.07, 6.45) is 5.32. The van der Waals surface area contributed by atoms with E-state index in [1.807, 2.05) is 47.6 Å². The maximum absolute atomic E-state index is 11.8. The lowest BCUT2D eigenvalue weighted by Gasteiger charge is -2.18. The van der Waals surface area contributed by atoms with Gasteiger partial charge in [0.2, 0.25) is 5.91 Å². The number of rotatable bonds is 3. The standard InChI is InChI=1S/C15H21N5O/c1-4-14(21)19-8-6-11(9-19)12-10-20-13(5-7-16-20)15(17-12)18(2)3/h5,7,10-11H,4,6,8-9H2,1-3H3. The Morgan fingerprint density at radius 3 is 3.00 bits per heavy atom. The van der Waals surface area contributed by atoms with E-state index in [0.717, 1.165) is 36.5 Å². The van der Waals surface area contributed by atoms with E-state index in [4.69, 9.17) is 4.98 Å². The van der Waals surface area contributed by atoms with Crippen molar-refractivity contribution in [2.45, 2.75) is 25.7 Å². The molecule has 1 saturated heterocycles. The molecule has 3 rings (SSSR count). The van der Waals surface area contributed by atoms with Gasteiger partial charge >= 0.3 is 0 Å². The molecule has 1 amide bonds. The number of aromatic nitrogens is 3. The van der Waals surface area contributed by atoms with Gasteiger partial charge in [-0.25, -0.2) is 9.50 Å². The van der Waals surface area contributed by atoms with E-state index in [0.29, 0.717) is 12.3 Å². The highest BCUT2D eigenvalue weighted by Crippen LogP contribution is 2.28. The van der Waals surface area contributed by atoms with Gasteiger partial charge in [-0.2, -0.15) is 5.10 Å². The zero-order chi connectivity index (χ0) is 15.0. The quantitative estimate of drug-likeness (QED) is 0.859. The minimum Gasteiger partial charge on any atom is -0.361 e. The molecule has 0 bridgehead atoms. The molecule has 0 radical (unpaired) electrons. The first-order valence-corrected chi connectivity index (χ1v) is 7.39. The fourth-order valence-electron chi connectivity index (χ4n) is 2.91. The van der Waals surface area contributed by atoms with Crippen LogP contribution in [0, 0.1) is 0 Å². The largest absolute Gasteiger partial charge is 0.361 e. The summed E-state index contributed by atoms with van der Waals surface area (Å²) in [5.41, 5.74) is 2.02. The molecule has 0 aromatic carbocycles. The normalized spacial score (nSPS) is 18.4. The molecule has 1 unspecified atom stereocenters. The molecule has 6 heteroatoms. The Kier molecular flexibility index (Phi) is 3.53. The van der Waals surface area contributed by atoms with Gasteiger partial charge in [0, 0.05) is 39.5 Å². The van der Waals surface area contributed by atoms with Gasteiger partial charge in [-0.15, -0.1) is 0 Å². The summed E-state index contributed by atoms with van der Waals surface area (Å²) in [7, 11) is 3.97. The maximum Gasteiger partial charge on any atom is 0.222 e. The average molecular weight is 287 g/mol. The van der Waals surface area contributed by atoms with E-state index in [1.54, 1.807) is 6.20 Å². The van der Waals surface area contributed by atoms with Crippen LogP contribution in [0.3, 0.4) is 0 Å². The third kappa shape index (κ3) is 2.46. The van der Waals surface area contributed by atoms with Gasteiger partial charge in [0.05, 0.1) is 18.1 Å². The molecule has 0 spiro atoms. The molecule has 1 aliphatic heterocycles. The lowest BCUT2D eigenvalue weighted by Crippen LogP contribution is -2.27. The van der Waals surface area contributed by atoms with Crippen molar-refractivity contribution in [1.82, 2.24) is 19.5 Å². The topological polar surface area (TPSA) is 53.7 Å². The predicted octanol–water partition coefficient (Wildman–Crippen LogP) is 1.52. The van der Waals surface area contributed by atoms with Crippen LogP contribution in [-0.2, 0) is 4.79 Å². The van der Waals surface area contributed by atoms with Crippen molar-refractivity contribution >= 4 is 17.2 Å². The molecular formula is C15H21N5O. The second kappa shape index (κ2) is 5.35. The van der Waals surface area contributed by atoms with Crippen LogP contribution < -0.4 is 4.90 Å². The Balaban J connectivity index is 1.93. The molecule has 0 saturated carbocycles. The Bertz CT molecular complexity index is 663. The number of hydrogen-bond acceptors (Lipinski definition) is 4. The van der Waals surface area contributed by atoms with Crippen molar-refractivity contribution in [2.75, 3.05) is 32.1 Å². The van der Waals surface area contributed by atoms with Crippen molar-refractivity contribution in [2.24, 2.45) is 0 Å². The summed E-state index contributed by atoms with van der Waals surface area (Å²) in [5.74, 6) is 1.45. The molecule has 1 atom stereocenters. The molecule has 3 heterocycles. The highest BCUT2D eigenvalue weighted by molar-refractivity contribution is 5.76. The molecule has 6 nitrogen and oxygen atoms in total.